The number of nitrogens with two attached hydrogens (primary N) is 1. The van der Waals surface area contributed by atoms with Gasteiger partial charge >= 0.3 is 0 Å². The summed E-state index contributed by atoms with van der Waals surface area (Å²) < 4.78 is 1.10. The molecule has 0 aromatic heterocycles. The molecule has 1 heterocycles. The second-order valence-corrected chi connectivity index (χ2v) is 6.14. The fourth-order valence-corrected chi connectivity index (χ4v) is 3.29. The molecule has 1 aliphatic heterocycles. The van der Waals surface area contributed by atoms with Crippen LogP contribution >= 0.6 is 15.9 Å². The van der Waals surface area contributed by atoms with Crippen molar-refractivity contribution in [3.05, 3.63) is 58.6 Å². The Bertz CT molecular complexity index is 592. The van der Waals surface area contributed by atoms with Crippen molar-refractivity contribution in [2.75, 3.05) is 36.0 Å². The molecule has 0 saturated carbocycles. The molecule has 0 aliphatic carbocycles. The van der Waals surface area contributed by atoms with Crippen LogP contribution in [0.5, 0.6) is 0 Å². The first-order valence-electron chi connectivity index (χ1n) is 7.31. The average Bonchev–Trinajstić information content (AvgIpc) is 2.56. The molecule has 2 N–H and O–H groups in total. The van der Waals surface area contributed by atoms with Gasteiger partial charge in [0.2, 0.25) is 0 Å². The van der Waals surface area contributed by atoms with Crippen molar-refractivity contribution in [3.8, 4) is 0 Å². The highest BCUT2D eigenvalue weighted by molar-refractivity contribution is 9.10. The lowest BCUT2D eigenvalue weighted by molar-refractivity contribution is 0.653. The normalized spacial score (nSPS) is 15.3. The zero-order chi connectivity index (χ0) is 14.7. The van der Waals surface area contributed by atoms with Crippen LogP contribution in [0.4, 0.5) is 11.4 Å². The van der Waals surface area contributed by atoms with E-state index in [1.807, 2.05) is 0 Å². The van der Waals surface area contributed by atoms with Gasteiger partial charge < -0.3 is 15.5 Å². The number of hydrogen-bond donors (Lipinski definition) is 1. The maximum atomic E-state index is 5.71. The average molecular weight is 346 g/mol. The fraction of sp³-hybridized carbons (Fsp3) is 0.294. The van der Waals surface area contributed by atoms with Crippen LogP contribution in [0.3, 0.4) is 0 Å². The molecule has 0 amide bonds. The van der Waals surface area contributed by atoms with Crippen molar-refractivity contribution in [3.63, 3.8) is 0 Å². The number of para-hydroxylation sites is 1. The summed E-state index contributed by atoms with van der Waals surface area (Å²) in [5, 5.41) is 0. The van der Waals surface area contributed by atoms with E-state index >= 15 is 0 Å². The molecule has 4 heteroatoms. The van der Waals surface area contributed by atoms with Gasteiger partial charge in [0.1, 0.15) is 0 Å². The zero-order valence-corrected chi connectivity index (χ0v) is 13.6. The number of piperazine rings is 1. The van der Waals surface area contributed by atoms with Gasteiger partial charge in [-0.1, -0.05) is 40.2 Å². The number of anilines is 2. The first-order chi connectivity index (χ1) is 10.3. The highest BCUT2D eigenvalue weighted by Crippen LogP contribution is 2.25. The maximum absolute atomic E-state index is 5.71. The van der Waals surface area contributed by atoms with Crippen LogP contribution in [-0.2, 0) is 6.54 Å². The van der Waals surface area contributed by atoms with Gasteiger partial charge in [-0.15, -0.1) is 0 Å². The topological polar surface area (TPSA) is 32.5 Å². The smallest absolute Gasteiger partial charge is 0.0378 e. The Hall–Kier alpha value is -1.52. The third kappa shape index (κ3) is 3.22. The quantitative estimate of drug-likeness (QED) is 0.926. The molecule has 2 aromatic carbocycles. The molecular formula is C17H20BrN3. The van der Waals surface area contributed by atoms with Gasteiger partial charge in [0, 0.05) is 48.6 Å². The van der Waals surface area contributed by atoms with Crippen LogP contribution in [-0.4, -0.2) is 26.2 Å². The van der Waals surface area contributed by atoms with E-state index in [9.17, 15) is 0 Å². The van der Waals surface area contributed by atoms with E-state index in [1.54, 1.807) is 0 Å². The van der Waals surface area contributed by atoms with Crippen LogP contribution < -0.4 is 15.5 Å². The lowest BCUT2D eigenvalue weighted by Crippen LogP contribution is -2.46. The molecule has 1 fully saturated rings. The van der Waals surface area contributed by atoms with E-state index in [2.05, 4.69) is 74.3 Å². The van der Waals surface area contributed by atoms with Gasteiger partial charge in [-0.3, -0.25) is 0 Å². The SMILES string of the molecule is NCc1ccc(N2CCN(c3ccccc3)CC2)cc1Br. The molecule has 0 unspecified atom stereocenters. The Morgan fingerprint density at radius 2 is 1.48 bits per heavy atom. The summed E-state index contributed by atoms with van der Waals surface area (Å²) >= 11 is 3.61. The van der Waals surface area contributed by atoms with Crippen molar-refractivity contribution >= 4 is 27.3 Å². The summed E-state index contributed by atoms with van der Waals surface area (Å²) in [6.07, 6.45) is 0. The van der Waals surface area contributed by atoms with E-state index in [1.165, 1.54) is 11.4 Å². The molecular weight excluding hydrogens is 326 g/mol. The third-order valence-corrected chi connectivity index (χ3v) is 4.76. The van der Waals surface area contributed by atoms with E-state index in [-0.39, 0.29) is 0 Å². The van der Waals surface area contributed by atoms with E-state index in [4.69, 9.17) is 5.73 Å². The third-order valence-electron chi connectivity index (χ3n) is 4.02. The molecule has 0 bridgehead atoms. The molecule has 3 rings (SSSR count). The monoisotopic (exact) mass is 345 g/mol. The number of halogens is 1. The first kappa shape index (κ1) is 14.4. The Balaban J connectivity index is 1.67. The number of benzene rings is 2. The lowest BCUT2D eigenvalue weighted by Gasteiger charge is -2.37. The minimum atomic E-state index is 0.572. The van der Waals surface area contributed by atoms with Gasteiger partial charge in [-0.2, -0.15) is 0 Å². The van der Waals surface area contributed by atoms with Crippen LogP contribution in [0.1, 0.15) is 5.56 Å². The standard InChI is InChI=1S/C17H20BrN3/c18-17-12-16(7-6-14(17)13-19)21-10-8-20(9-11-21)15-4-2-1-3-5-15/h1-7,12H,8-11,13,19H2. The van der Waals surface area contributed by atoms with E-state index in [0.717, 1.165) is 36.2 Å². The fourth-order valence-electron chi connectivity index (χ4n) is 2.76. The highest BCUT2D eigenvalue weighted by atomic mass is 79.9. The van der Waals surface area contributed by atoms with Crippen molar-refractivity contribution in [1.29, 1.82) is 0 Å². The van der Waals surface area contributed by atoms with Gasteiger partial charge in [-0.05, 0) is 29.8 Å². The Morgan fingerprint density at radius 3 is 2.05 bits per heavy atom. The minimum absolute atomic E-state index is 0.572. The van der Waals surface area contributed by atoms with Crippen LogP contribution in [0.25, 0.3) is 0 Å². The summed E-state index contributed by atoms with van der Waals surface area (Å²) in [6.45, 7) is 4.77. The van der Waals surface area contributed by atoms with Crippen molar-refractivity contribution in [2.45, 2.75) is 6.54 Å². The lowest BCUT2D eigenvalue weighted by atomic mass is 10.1. The molecule has 0 spiro atoms. The molecule has 3 nitrogen and oxygen atoms in total. The van der Waals surface area contributed by atoms with Crippen LogP contribution in [0, 0.1) is 0 Å². The van der Waals surface area contributed by atoms with Gasteiger partial charge in [-0.25, -0.2) is 0 Å². The predicted octanol–water partition coefficient (Wildman–Crippen LogP) is 3.23. The van der Waals surface area contributed by atoms with Crippen LogP contribution in [0.2, 0.25) is 0 Å². The summed E-state index contributed by atoms with van der Waals surface area (Å²) in [4.78, 5) is 4.88. The number of hydrogen-bond acceptors (Lipinski definition) is 3. The second kappa shape index (κ2) is 6.50. The highest BCUT2D eigenvalue weighted by Gasteiger charge is 2.17. The summed E-state index contributed by atoms with van der Waals surface area (Å²) in [5.74, 6) is 0. The van der Waals surface area contributed by atoms with Crippen molar-refractivity contribution < 1.29 is 0 Å². The first-order valence-corrected chi connectivity index (χ1v) is 8.10. The molecule has 21 heavy (non-hydrogen) atoms. The van der Waals surface area contributed by atoms with Gasteiger partial charge in [0.25, 0.3) is 0 Å². The van der Waals surface area contributed by atoms with Crippen molar-refractivity contribution in [2.24, 2.45) is 5.73 Å². The van der Waals surface area contributed by atoms with Gasteiger partial charge in [0.15, 0.2) is 0 Å². The summed E-state index contributed by atoms with van der Waals surface area (Å²) in [7, 11) is 0. The minimum Gasteiger partial charge on any atom is -0.368 e. The summed E-state index contributed by atoms with van der Waals surface area (Å²) in [6, 6.07) is 17.1. The van der Waals surface area contributed by atoms with Gasteiger partial charge in [0.05, 0.1) is 0 Å². The summed E-state index contributed by atoms with van der Waals surface area (Å²) in [5.41, 5.74) is 9.45. The molecule has 1 aliphatic rings. The Labute approximate surface area is 134 Å². The molecule has 2 aromatic rings. The predicted molar refractivity (Wildman–Crippen MR) is 92.9 cm³/mol. The Morgan fingerprint density at radius 1 is 0.857 bits per heavy atom. The van der Waals surface area contributed by atoms with E-state index in [0.29, 0.717) is 6.54 Å². The largest absolute Gasteiger partial charge is 0.368 e. The molecule has 0 atom stereocenters. The number of rotatable bonds is 3. The molecule has 110 valence electrons. The van der Waals surface area contributed by atoms with Crippen molar-refractivity contribution in [1.82, 2.24) is 0 Å². The second-order valence-electron chi connectivity index (χ2n) is 5.29. The molecule has 1 saturated heterocycles. The molecule has 0 radical (unpaired) electrons. The maximum Gasteiger partial charge on any atom is 0.0378 e. The van der Waals surface area contributed by atoms with E-state index < -0.39 is 0 Å². The Kier molecular flexibility index (Phi) is 4.46. The van der Waals surface area contributed by atoms with Crippen LogP contribution in [0.15, 0.2) is 53.0 Å². The zero-order valence-electron chi connectivity index (χ0n) is 12.0. The number of nitrogens with zero attached hydrogens (tertiary/aromatic N) is 2.